The summed E-state index contributed by atoms with van der Waals surface area (Å²) in [7, 11) is 0. The summed E-state index contributed by atoms with van der Waals surface area (Å²) in [4.78, 5) is 25.2. The molecule has 11 rings (SSSR count). The molecule has 0 aliphatic heterocycles. The minimum Gasteiger partial charge on any atom is -0.481 e. The molecule has 0 amide bonds. The summed E-state index contributed by atoms with van der Waals surface area (Å²) in [6, 6.07) is 52.0. The number of carboxylic acid groups (broad SMARTS) is 2. The average Bonchev–Trinajstić information content (AvgIpc) is 3.50. The third-order valence-corrected chi connectivity index (χ3v) is 12.5. The largest absolute Gasteiger partial charge is 0.481 e. The monoisotopic (exact) mass is 710 g/mol. The second-order valence-electron chi connectivity index (χ2n) is 15.3. The molecule has 0 radical (unpaired) electrons. The molecule has 0 saturated heterocycles. The van der Waals surface area contributed by atoms with Crippen LogP contribution < -0.4 is 0 Å². The summed E-state index contributed by atoms with van der Waals surface area (Å²) >= 11 is 0. The highest BCUT2D eigenvalue weighted by Crippen LogP contribution is 2.60. The first-order chi connectivity index (χ1) is 26.9. The smallest absolute Gasteiger partial charge is 0.303 e. The zero-order chi connectivity index (χ0) is 37.0. The lowest BCUT2D eigenvalue weighted by Crippen LogP contribution is -2.29. The Bertz CT molecular complexity index is 2980. The van der Waals surface area contributed by atoms with E-state index in [1.807, 2.05) is 0 Å². The first-order valence-electron chi connectivity index (χ1n) is 19.0. The van der Waals surface area contributed by atoms with Crippen LogP contribution in [0.4, 0.5) is 0 Å². The molecule has 0 heterocycles. The summed E-state index contributed by atoms with van der Waals surface area (Å²) in [5.41, 5.74) is 7.38. The van der Waals surface area contributed by atoms with Gasteiger partial charge in [-0.25, -0.2) is 0 Å². The molecule has 10 aromatic rings. The van der Waals surface area contributed by atoms with Gasteiger partial charge in [0.25, 0.3) is 0 Å². The van der Waals surface area contributed by atoms with Crippen molar-refractivity contribution in [2.75, 3.05) is 0 Å². The van der Waals surface area contributed by atoms with Crippen LogP contribution in [-0.2, 0) is 15.0 Å². The number of hydrogen-bond donors (Lipinski definition) is 2. The number of carbonyl (C=O) groups is 2. The molecule has 0 bridgehead atoms. The second kappa shape index (κ2) is 11.6. The molecule has 0 aromatic heterocycles. The zero-order valence-electron chi connectivity index (χ0n) is 29.9. The van der Waals surface area contributed by atoms with Crippen molar-refractivity contribution in [2.45, 2.75) is 31.1 Å². The Balaban J connectivity index is 1.23. The van der Waals surface area contributed by atoms with Gasteiger partial charge < -0.3 is 10.2 Å². The molecular weight excluding hydrogens is 677 g/mol. The topological polar surface area (TPSA) is 74.6 Å². The highest BCUT2D eigenvalue weighted by Gasteiger charge is 2.47. The molecule has 1 aliphatic carbocycles. The SMILES string of the molecule is O=C(O)CCC1(CCC(=O)O)c2c(cccc2-c2ccc3ccc4cccc5ccc2c3c45)-c2cccc(-c3ccc4ccc5cccc6ccc3c4c56)c21. The van der Waals surface area contributed by atoms with Crippen LogP contribution in [-0.4, -0.2) is 22.2 Å². The predicted octanol–water partition coefficient (Wildman–Crippen LogP) is 12.8. The fourth-order valence-corrected chi connectivity index (χ4v) is 10.4. The first-order valence-corrected chi connectivity index (χ1v) is 19.0. The van der Waals surface area contributed by atoms with E-state index in [0.717, 1.165) is 55.3 Å². The highest BCUT2D eigenvalue weighted by molar-refractivity contribution is 6.27. The van der Waals surface area contributed by atoms with Gasteiger partial charge in [0, 0.05) is 18.3 Å². The van der Waals surface area contributed by atoms with Crippen LogP contribution in [0.5, 0.6) is 0 Å². The predicted molar refractivity (Wildman–Crippen MR) is 225 cm³/mol. The third-order valence-electron chi connectivity index (χ3n) is 12.5. The van der Waals surface area contributed by atoms with Crippen LogP contribution in [0, 0.1) is 0 Å². The fourth-order valence-electron chi connectivity index (χ4n) is 10.4. The molecule has 262 valence electrons. The Morgan fingerprint density at radius 1 is 0.364 bits per heavy atom. The number of benzene rings is 10. The van der Waals surface area contributed by atoms with Crippen LogP contribution in [0.2, 0.25) is 0 Å². The van der Waals surface area contributed by atoms with E-state index < -0.39 is 17.4 Å². The van der Waals surface area contributed by atoms with Crippen LogP contribution in [0.1, 0.15) is 36.8 Å². The van der Waals surface area contributed by atoms with E-state index in [2.05, 4.69) is 146 Å². The number of aliphatic carboxylic acids is 2. The van der Waals surface area contributed by atoms with E-state index in [9.17, 15) is 19.8 Å². The van der Waals surface area contributed by atoms with Gasteiger partial charge in [0.1, 0.15) is 0 Å². The van der Waals surface area contributed by atoms with E-state index in [0.29, 0.717) is 0 Å². The molecule has 1 aliphatic rings. The Kier molecular flexibility index (Phi) is 6.69. The molecule has 0 unspecified atom stereocenters. The Morgan fingerprint density at radius 3 is 1.05 bits per heavy atom. The summed E-state index contributed by atoms with van der Waals surface area (Å²) in [6.45, 7) is 0. The van der Waals surface area contributed by atoms with Crippen molar-refractivity contribution < 1.29 is 19.8 Å². The first kappa shape index (κ1) is 31.7. The third kappa shape index (κ3) is 4.46. The lowest BCUT2D eigenvalue weighted by atomic mass is 9.67. The summed E-state index contributed by atoms with van der Waals surface area (Å²) in [5, 5.41) is 34.8. The highest BCUT2D eigenvalue weighted by atomic mass is 16.4. The van der Waals surface area contributed by atoms with Crippen molar-refractivity contribution in [1.82, 2.24) is 0 Å². The van der Waals surface area contributed by atoms with Gasteiger partial charge in [-0.2, -0.15) is 0 Å². The Labute approximate surface area is 316 Å². The minimum atomic E-state index is -0.900. The van der Waals surface area contributed by atoms with Gasteiger partial charge in [-0.3, -0.25) is 9.59 Å². The van der Waals surface area contributed by atoms with Gasteiger partial charge in [0.2, 0.25) is 0 Å². The molecule has 0 atom stereocenters. The molecule has 0 saturated carbocycles. The summed E-state index contributed by atoms with van der Waals surface area (Å²) in [6.07, 6.45) is 0.332. The van der Waals surface area contributed by atoms with Gasteiger partial charge in [0.05, 0.1) is 0 Å². The summed E-state index contributed by atoms with van der Waals surface area (Å²) < 4.78 is 0. The normalized spacial score (nSPS) is 13.5. The maximum Gasteiger partial charge on any atom is 0.303 e. The van der Waals surface area contributed by atoms with Crippen LogP contribution in [0.3, 0.4) is 0 Å². The van der Waals surface area contributed by atoms with Gasteiger partial charge in [-0.1, -0.05) is 146 Å². The molecule has 4 heteroatoms. The van der Waals surface area contributed by atoms with Gasteiger partial charge in [-0.05, 0) is 122 Å². The Morgan fingerprint density at radius 2 is 0.673 bits per heavy atom. The number of fused-ring (bicyclic) bond motifs is 3. The average molecular weight is 711 g/mol. The standard InChI is InChI=1S/C51H34O4/c52-43(53)25-27-51(28-26-44(54)55)49-39(35-21-17-33-15-13-29-5-1-7-31-19-23-37(35)47(33)45(29)31)9-3-11-41(49)42-12-4-10-40(50(42)51)36-22-18-34-16-14-30-6-2-8-32-20-24-38(36)48(34)46(30)32/h1-24H,25-28H2,(H,52,53)(H,54,55). The minimum absolute atomic E-state index is 0.0991. The molecule has 4 nitrogen and oxygen atoms in total. The molecular formula is C51H34O4. The van der Waals surface area contributed by atoms with Gasteiger partial charge in [0.15, 0.2) is 0 Å². The van der Waals surface area contributed by atoms with Gasteiger partial charge in [-0.15, -0.1) is 0 Å². The quantitative estimate of drug-likeness (QED) is 0.154. The van der Waals surface area contributed by atoms with Crippen LogP contribution in [0.15, 0.2) is 146 Å². The van der Waals surface area contributed by atoms with Crippen molar-refractivity contribution in [3.63, 3.8) is 0 Å². The van der Waals surface area contributed by atoms with E-state index in [-0.39, 0.29) is 25.7 Å². The fraction of sp³-hybridized carbons (Fsp3) is 0.0980. The maximum atomic E-state index is 12.6. The number of carboxylic acids is 2. The van der Waals surface area contributed by atoms with Crippen molar-refractivity contribution in [2.24, 2.45) is 0 Å². The van der Waals surface area contributed by atoms with E-state index in [1.54, 1.807) is 0 Å². The van der Waals surface area contributed by atoms with Crippen LogP contribution in [0.25, 0.3) is 98.0 Å². The molecule has 0 fully saturated rings. The maximum absolute atomic E-state index is 12.6. The number of hydrogen-bond acceptors (Lipinski definition) is 2. The lowest BCUT2D eigenvalue weighted by Gasteiger charge is -2.35. The Hall–Kier alpha value is -6.78. The van der Waals surface area contributed by atoms with Crippen molar-refractivity contribution in [1.29, 1.82) is 0 Å². The van der Waals surface area contributed by atoms with E-state index >= 15 is 0 Å². The number of rotatable bonds is 8. The van der Waals surface area contributed by atoms with Crippen LogP contribution >= 0.6 is 0 Å². The molecule has 10 aromatic carbocycles. The van der Waals surface area contributed by atoms with Crippen molar-refractivity contribution in [3.05, 3.63) is 157 Å². The second-order valence-corrected chi connectivity index (χ2v) is 15.3. The van der Waals surface area contributed by atoms with Gasteiger partial charge >= 0.3 is 11.9 Å². The molecule has 0 spiro atoms. The molecule has 55 heavy (non-hydrogen) atoms. The zero-order valence-corrected chi connectivity index (χ0v) is 29.9. The summed E-state index contributed by atoms with van der Waals surface area (Å²) in [5.74, 6) is -1.80. The van der Waals surface area contributed by atoms with Crippen molar-refractivity contribution in [3.8, 4) is 33.4 Å². The van der Waals surface area contributed by atoms with E-state index in [1.165, 1.54) is 53.9 Å². The lowest BCUT2D eigenvalue weighted by molar-refractivity contribution is -0.137. The molecule has 2 N–H and O–H groups in total. The van der Waals surface area contributed by atoms with E-state index in [4.69, 9.17) is 0 Å². The van der Waals surface area contributed by atoms with Crippen molar-refractivity contribution >= 4 is 76.6 Å².